The minimum atomic E-state index is 0.284. The number of hydrogen-bond acceptors (Lipinski definition) is 4. The van der Waals surface area contributed by atoms with Crippen LogP contribution in [0.15, 0.2) is 109 Å². The van der Waals surface area contributed by atoms with Crippen LogP contribution in [0.3, 0.4) is 0 Å². The Bertz CT molecular complexity index is 1820. The summed E-state index contributed by atoms with van der Waals surface area (Å²) in [4.78, 5) is 10.1. The summed E-state index contributed by atoms with van der Waals surface area (Å²) in [7, 11) is 0. The van der Waals surface area contributed by atoms with Gasteiger partial charge < -0.3 is 10.2 Å². The second-order valence-electron chi connectivity index (χ2n) is 10.9. The van der Waals surface area contributed by atoms with Gasteiger partial charge in [-0.1, -0.05) is 72.8 Å². The van der Waals surface area contributed by atoms with Gasteiger partial charge in [-0.15, -0.1) is 0 Å². The van der Waals surface area contributed by atoms with Crippen molar-refractivity contribution in [2.45, 2.75) is 27.7 Å². The molecule has 0 bridgehead atoms. The van der Waals surface area contributed by atoms with Crippen LogP contribution in [-0.2, 0) is 0 Å². The summed E-state index contributed by atoms with van der Waals surface area (Å²) in [5, 5.41) is 21.8. The summed E-state index contributed by atoms with van der Waals surface area (Å²) in [6.45, 7) is 7.92. The maximum atomic E-state index is 10.9. The highest BCUT2D eigenvalue weighted by Crippen LogP contribution is 2.40. The van der Waals surface area contributed by atoms with Gasteiger partial charge in [0.05, 0.1) is 22.8 Å². The Morgan fingerprint density at radius 2 is 0.738 bits per heavy atom. The van der Waals surface area contributed by atoms with Crippen molar-refractivity contribution in [2.75, 3.05) is 0 Å². The van der Waals surface area contributed by atoms with Gasteiger partial charge in [0.1, 0.15) is 11.5 Å². The van der Waals surface area contributed by atoms with Crippen molar-refractivity contribution >= 4 is 0 Å². The van der Waals surface area contributed by atoms with E-state index in [1.54, 1.807) is 0 Å². The quantitative estimate of drug-likeness (QED) is 0.225. The van der Waals surface area contributed by atoms with E-state index in [1.165, 1.54) is 0 Å². The van der Waals surface area contributed by atoms with Gasteiger partial charge in [-0.2, -0.15) is 0 Å². The van der Waals surface area contributed by atoms with Crippen LogP contribution in [-0.4, -0.2) is 20.2 Å². The third-order valence-corrected chi connectivity index (χ3v) is 7.64. The van der Waals surface area contributed by atoms with Crippen LogP contribution in [0.1, 0.15) is 22.3 Å². The average molecular weight is 549 g/mol. The molecule has 0 saturated carbocycles. The number of nitrogens with zero attached hydrogens (tertiary/aromatic N) is 2. The van der Waals surface area contributed by atoms with Crippen LogP contribution in [0.25, 0.3) is 56.2 Å². The molecule has 6 aromatic rings. The lowest BCUT2D eigenvalue weighted by Gasteiger charge is -2.15. The molecule has 2 N–H and O–H groups in total. The van der Waals surface area contributed by atoms with E-state index in [0.29, 0.717) is 0 Å². The van der Waals surface area contributed by atoms with Crippen LogP contribution < -0.4 is 0 Å². The van der Waals surface area contributed by atoms with Gasteiger partial charge >= 0.3 is 0 Å². The van der Waals surface area contributed by atoms with Crippen molar-refractivity contribution in [3.05, 3.63) is 131 Å². The van der Waals surface area contributed by atoms with E-state index in [2.05, 4.69) is 0 Å². The Kier molecular flexibility index (Phi) is 7.05. The summed E-state index contributed by atoms with van der Waals surface area (Å²) in [5.74, 6) is 0.569. The fraction of sp³-hybridized carbons (Fsp3) is 0.105. The zero-order valence-corrected chi connectivity index (χ0v) is 24.2. The SMILES string of the molecule is Cc1cc(C)c(O)c(-c2ccccc2-c2cccc(-c3cccc(-c4ccccc4-c4cc(C)cc(C)c4O)n3)n2)c1. The van der Waals surface area contributed by atoms with E-state index in [1.807, 2.05) is 137 Å². The number of rotatable bonds is 5. The molecule has 0 aliphatic carbocycles. The van der Waals surface area contributed by atoms with E-state index in [4.69, 9.17) is 9.97 Å². The summed E-state index contributed by atoms with van der Waals surface area (Å²) < 4.78 is 0. The van der Waals surface area contributed by atoms with Crippen molar-refractivity contribution < 1.29 is 10.2 Å². The molecule has 4 aromatic carbocycles. The molecule has 0 saturated heterocycles. The number of aromatic hydroxyl groups is 2. The van der Waals surface area contributed by atoms with Crippen molar-refractivity contribution in [1.29, 1.82) is 0 Å². The Labute approximate surface area is 246 Å². The van der Waals surface area contributed by atoms with Crippen molar-refractivity contribution in [2.24, 2.45) is 0 Å². The van der Waals surface area contributed by atoms with Gasteiger partial charge in [0, 0.05) is 22.3 Å². The third-order valence-electron chi connectivity index (χ3n) is 7.64. The normalized spacial score (nSPS) is 11.0. The molecule has 2 aromatic heterocycles. The highest BCUT2D eigenvalue weighted by Gasteiger charge is 2.17. The standard InChI is InChI=1S/C38H32N2O2/c1-23-19-25(3)37(41)31(21-23)27-11-5-7-13-29(27)33-15-9-17-35(39-33)36-18-10-16-34(40-36)30-14-8-6-12-28(30)32-22-24(2)20-26(4)38(32)42/h5-22,41-42H,1-4H3. The fourth-order valence-corrected chi connectivity index (χ4v) is 5.67. The number of phenols is 2. The van der Waals surface area contributed by atoms with Gasteiger partial charge in [0.25, 0.3) is 0 Å². The lowest BCUT2D eigenvalue weighted by molar-refractivity contribution is 0.472. The third kappa shape index (κ3) is 5.04. The minimum Gasteiger partial charge on any atom is -0.507 e. The smallest absolute Gasteiger partial charge is 0.126 e. The Hall–Kier alpha value is -5.22. The number of hydrogen-bond donors (Lipinski definition) is 2. The van der Waals surface area contributed by atoms with E-state index in [-0.39, 0.29) is 11.5 Å². The second kappa shape index (κ2) is 11.0. The molecule has 0 spiro atoms. The fourth-order valence-electron chi connectivity index (χ4n) is 5.67. The lowest BCUT2D eigenvalue weighted by Crippen LogP contribution is -1.95. The predicted molar refractivity (Wildman–Crippen MR) is 171 cm³/mol. The summed E-state index contributed by atoms with van der Waals surface area (Å²) in [6.07, 6.45) is 0. The number of aryl methyl sites for hydroxylation is 4. The van der Waals surface area contributed by atoms with E-state index in [0.717, 1.165) is 78.4 Å². The first-order chi connectivity index (χ1) is 20.3. The first-order valence-electron chi connectivity index (χ1n) is 14.0. The molecule has 0 atom stereocenters. The molecule has 0 amide bonds. The molecule has 0 aliphatic rings. The monoisotopic (exact) mass is 548 g/mol. The number of benzene rings is 4. The van der Waals surface area contributed by atoms with E-state index in [9.17, 15) is 10.2 Å². The summed E-state index contributed by atoms with van der Waals surface area (Å²) in [6, 6.07) is 36.0. The Morgan fingerprint density at radius 3 is 1.14 bits per heavy atom. The number of phenolic OH excluding ortho intramolecular Hbond substituents is 2. The van der Waals surface area contributed by atoms with Crippen LogP contribution in [0.5, 0.6) is 11.5 Å². The highest BCUT2D eigenvalue weighted by molar-refractivity contribution is 5.87. The largest absolute Gasteiger partial charge is 0.507 e. The molecule has 206 valence electrons. The molecule has 6 rings (SSSR count). The molecule has 0 unspecified atom stereocenters. The molecule has 42 heavy (non-hydrogen) atoms. The average Bonchev–Trinajstić information content (AvgIpc) is 3.01. The molecular weight excluding hydrogens is 516 g/mol. The molecule has 0 aliphatic heterocycles. The molecule has 0 fully saturated rings. The zero-order valence-electron chi connectivity index (χ0n) is 24.2. The van der Waals surface area contributed by atoms with Gasteiger partial charge in [-0.3, -0.25) is 0 Å². The van der Waals surface area contributed by atoms with Gasteiger partial charge in [-0.05, 0) is 97.5 Å². The molecule has 2 heterocycles. The molecular formula is C38H32N2O2. The first kappa shape index (κ1) is 27.0. The van der Waals surface area contributed by atoms with Crippen molar-refractivity contribution in [3.63, 3.8) is 0 Å². The van der Waals surface area contributed by atoms with Gasteiger partial charge in [0.2, 0.25) is 0 Å². The summed E-state index contributed by atoms with van der Waals surface area (Å²) >= 11 is 0. The predicted octanol–water partition coefficient (Wildman–Crippen LogP) is 9.46. The second-order valence-corrected chi connectivity index (χ2v) is 10.9. The van der Waals surface area contributed by atoms with Crippen molar-refractivity contribution in [3.8, 4) is 67.7 Å². The van der Waals surface area contributed by atoms with Gasteiger partial charge in [0.15, 0.2) is 0 Å². The number of pyridine rings is 2. The molecule has 4 nitrogen and oxygen atoms in total. The minimum absolute atomic E-state index is 0.284. The lowest BCUT2D eigenvalue weighted by atomic mass is 9.93. The van der Waals surface area contributed by atoms with Gasteiger partial charge in [-0.25, -0.2) is 9.97 Å². The maximum absolute atomic E-state index is 10.9. The summed E-state index contributed by atoms with van der Waals surface area (Å²) in [5.41, 5.74) is 12.3. The Morgan fingerprint density at radius 1 is 0.381 bits per heavy atom. The van der Waals surface area contributed by atoms with Crippen LogP contribution >= 0.6 is 0 Å². The van der Waals surface area contributed by atoms with Crippen LogP contribution in [0.2, 0.25) is 0 Å². The zero-order chi connectivity index (χ0) is 29.4. The highest BCUT2D eigenvalue weighted by atomic mass is 16.3. The van der Waals surface area contributed by atoms with Crippen LogP contribution in [0, 0.1) is 27.7 Å². The first-order valence-corrected chi connectivity index (χ1v) is 14.0. The van der Waals surface area contributed by atoms with Crippen LogP contribution in [0.4, 0.5) is 0 Å². The van der Waals surface area contributed by atoms with Crippen molar-refractivity contribution in [1.82, 2.24) is 9.97 Å². The Balaban J connectivity index is 1.44. The van der Waals surface area contributed by atoms with E-state index >= 15 is 0 Å². The van der Waals surface area contributed by atoms with E-state index < -0.39 is 0 Å². The maximum Gasteiger partial charge on any atom is 0.126 e. The molecule has 4 heteroatoms. The topological polar surface area (TPSA) is 66.2 Å². The number of aromatic nitrogens is 2. The molecule has 0 radical (unpaired) electrons.